The number of fused-ring (bicyclic) bond motifs is 1. The molecule has 0 unspecified atom stereocenters. The van der Waals surface area contributed by atoms with E-state index in [2.05, 4.69) is 73.1 Å². The lowest BCUT2D eigenvalue weighted by Gasteiger charge is -2.36. The molecule has 1 saturated carbocycles. The zero-order chi connectivity index (χ0) is 21.4. The van der Waals surface area contributed by atoms with Crippen LogP contribution >= 0.6 is 0 Å². The van der Waals surface area contributed by atoms with Crippen molar-refractivity contribution in [2.75, 3.05) is 7.05 Å². The molecule has 0 aromatic carbocycles. The zero-order valence-electron chi connectivity index (χ0n) is 19.0. The summed E-state index contributed by atoms with van der Waals surface area (Å²) in [5.41, 5.74) is 8.25. The topological polar surface area (TPSA) is 40.0 Å². The molecular weight excluding hydrogens is 368 g/mol. The van der Waals surface area contributed by atoms with Crippen LogP contribution < -0.4 is 5.32 Å². The normalized spacial score (nSPS) is 29.3. The fourth-order valence-corrected chi connectivity index (χ4v) is 4.54. The highest BCUT2D eigenvalue weighted by molar-refractivity contribution is 6.12. The number of nitrogens with one attached hydrogen (secondary N) is 1. The fourth-order valence-electron chi connectivity index (χ4n) is 4.54. The lowest BCUT2D eigenvalue weighted by molar-refractivity contribution is 0.292. The van der Waals surface area contributed by atoms with Gasteiger partial charge in [-0.3, -0.25) is 4.99 Å². The number of aliphatic imine (C=N–C) groups is 2. The first kappa shape index (κ1) is 20.8. The second-order valence-corrected chi connectivity index (χ2v) is 9.17. The summed E-state index contributed by atoms with van der Waals surface area (Å²) < 4.78 is 0. The van der Waals surface area contributed by atoms with Crippen LogP contribution in [-0.4, -0.2) is 35.6 Å². The van der Waals surface area contributed by atoms with E-state index in [4.69, 9.17) is 4.99 Å². The summed E-state index contributed by atoms with van der Waals surface area (Å²) in [5, 5.41) is 3.66. The molecule has 0 aromatic rings. The van der Waals surface area contributed by atoms with E-state index in [0.717, 1.165) is 28.4 Å². The molecule has 0 spiro atoms. The Hall–Kier alpha value is -2.46. The summed E-state index contributed by atoms with van der Waals surface area (Å²) in [7, 11) is 1.84. The van der Waals surface area contributed by atoms with E-state index < -0.39 is 0 Å². The number of hydrogen-bond acceptors (Lipinski definition) is 4. The van der Waals surface area contributed by atoms with Crippen LogP contribution in [0.15, 0.2) is 80.8 Å². The highest BCUT2D eigenvalue weighted by atomic mass is 15.2. The number of rotatable bonds is 4. The van der Waals surface area contributed by atoms with Gasteiger partial charge in [0.2, 0.25) is 0 Å². The maximum atomic E-state index is 4.98. The van der Waals surface area contributed by atoms with Crippen molar-refractivity contribution < 1.29 is 0 Å². The molecule has 0 amide bonds. The Bertz CT molecular complexity index is 951. The van der Waals surface area contributed by atoms with Crippen LogP contribution in [-0.2, 0) is 0 Å². The smallest absolute Gasteiger partial charge is 0.137 e. The van der Waals surface area contributed by atoms with Crippen molar-refractivity contribution >= 4 is 11.5 Å². The van der Waals surface area contributed by atoms with Gasteiger partial charge in [0.05, 0.1) is 11.4 Å². The van der Waals surface area contributed by atoms with Crippen molar-refractivity contribution in [2.45, 2.75) is 65.5 Å². The molecule has 3 heterocycles. The average Bonchev–Trinajstić information content (AvgIpc) is 3.55. The quantitative estimate of drug-likeness (QED) is 0.501. The van der Waals surface area contributed by atoms with Gasteiger partial charge in [-0.25, -0.2) is 4.99 Å². The first-order valence-electron chi connectivity index (χ1n) is 11.1. The van der Waals surface area contributed by atoms with E-state index in [1.54, 1.807) is 0 Å². The van der Waals surface area contributed by atoms with Crippen molar-refractivity contribution in [1.82, 2.24) is 10.2 Å². The average molecular weight is 403 g/mol. The predicted molar refractivity (Wildman–Crippen MR) is 128 cm³/mol. The molecule has 1 N–H and O–H groups in total. The van der Waals surface area contributed by atoms with Crippen LogP contribution in [0.1, 0.15) is 53.4 Å². The summed E-state index contributed by atoms with van der Waals surface area (Å²) in [6.45, 7) is 12.7. The van der Waals surface area contributed by atoms with Crippen LogP contribution in [0.4, 0.5) is 0 Å². The Morgan fingerprint density at radius 1 is 1.20 bits per heavy atom. The van der Waals surface area contributed by atoms with Crippen molar-refractivity contribution in [3.8, 4) is 0 Å². The van der Waals surface area contributed by atoms with Crippen LogP contribution in [0.3, 0.4) is 0 Å². The molecule has 1 aliphatic carbocycles. The van der Waals surface area contributed by atoms with E-state index in [9.17, 15) is 0 Å². The molecule has 4 aliphatic rings. The summed E-state index contributed by atoms with van der Waals surface area (Å²) in [5.74, 6) is 1.59. The molecule has 158 valence electrons. The van der Waals surface area contributed by atoms with Crippen LogP contribution in [0, 0.1) is 5.92 Å². The minimum absolute atomic E-state index is 0.559. The lowest BCUT2D eigenvalue weighted by Crippen LogP contribution is -2.43. The molecule has 3 aliphatic heterocycles. The Labute approximate surface area is 181 Å². The lowest BCUT2D eigenvalue weighted by atomic mass is 9.83. The van der Waals surface area contributed by atoms with Crippen molar-refractivity contribution in [3.05, 3.63) is 70.8 Å². The molecule has 0 aromatic heterocycles. The van der Waals surface area contributed by atoms with E-state index in [1.807, 2.05) is 14.0 Å². The molecular formula is C26H34N4. The highest BCUT2D eigenvalue weighted by Gasteiger charge is 2.31. The Morgan fingerprint density at radius 3 is 2.50 bits per heavy atom. The van der Waals surface area contributed by atoms with Gasteiger partial charge in [-0.15, -0.1) is 0 Å². The first-order valence-corrected chi connectivity index (χ1v) is 11.1. The molecule has 30 heavy (non-hydrogen) atoms. The molecule has 1 saturated heterocycles. The number of nitrogens with zero attached hydrogens (tertiary/aromatic N) is 3. The molecule has 4 heteroatoms. The Kier molecular flexibility index (Phi) is 5.79. The Balaban J connectivity index is 1.66. The van der Waals surface area contributed by atoms with Gasteiger partial charge in [-0.2, -0.15) is 0 Å². The number of amidine groups is 1. The van der Waals surface area contributed by atoms with Gasteiger partial charge in [-0.1, -0.05) is 18.2 Å². The maximum Gasteiger partial charge on any atom is 0.137 e. The van der Waals surface area contributed by atoms with Gasteiger partial charge in [0.1, 0.15) is 5.84 Å². The third kappa shape index (κ3) is 4.34. The van der Waals surface area contributed by atoms with Crippen LogP contribution in [0.5, 0.6) is 0 Å². The number of allylic oxidation sites excluding steroid dienone is 7. The molecule has 4 nitrogen and oxygen atoms in total. The van der Waals surface area contributed by atoms with E-state index in [1.165, 1.54) is 42.5 Å². The van der Waals surface area contributed by atoms with Gasteiger partial charge < -0.3 is 10.2 Å². The number of hydrogen-bond donors (Lipinski definition) is 1. The minimum Gasteiger partial charge on any atom is -0.312 e. The van der Waals surface area contributed by atoms with Crippen LogP contribution in [0.25, 0.3) is 0 Å². The van der Waals surface area contributed by atoms with Gasteiger partial charge >= 0.3 is 0 Å². The number of piperidine rings is 1. The first-order chi connectivity index (χ1) is 14.4. The van der Waals surface area contributed by atoms with Gasteiger partial charge in [0.25, 0.3) is 0 Å². The second-order valence-electron chi connectivity index (χ2n) is 9.17. The zero-order valence-corrected chi connectivity index (χ0v) is 19.0. The fraction of sp³-hybridized carbons (Fsp3) is 0.462. The molecule has 0 bridgehead atoms. The second kappa shape index (κ2) is 8.35. The Morgan fingerprint density at radius 2 is 1.90 bits per heavy atom. The van der Waals surface area contributed by atoms with Gasteiger partial charge in [0, 0.05) is 31.0 Å². The largest absolute Gasteiger partial charge is 0.312 e. The van der Waals surface area contributed by atoms with Crippen molar-refractivity contribution in [1.29, 1.82) is 0 Å². The summed E-state index contributed by atoms with van der Waals surface area (Å²) in [6.07, 6.45) is 15.8. The third-order valence-electron chi connectivity index (χ3n) is 6.43. The molecule has 0 radical (unpaired) electrons. The molecule has 2 fully saturated rings. The van der Waals surface area contributed by atoms with Crippen molar-refractivity contribution in [3.63, 3.8) is 0 Å². The van der Waals surface area contributed by atoms with Gasteiger partial charge in [0.15, 0.2) is 0 Å². The van der Waals surface area contributed by atoms with Crippen molar-refractivity contribution in [2.24, 2.45) is 15.9 Å². The highest BCUT2D eigenvalue weighted by Crippen LogP contribution is 2.39. The maximum absolute atomic E-state index is 4.98. The SMILES string of the molecule is C=C(C)/C(C)=C/C(=NC)C1=CC(=C2CC2)N2C=C(C3C[C@H](C)N[C@@H](C)C3)C=CC2=N1. The predicted octanol–water partition coefficient (Wildman–Crippen LogP) is 5.46. The summed E-state index contributed by atoms with van der Waals surface area (Å²) in [4.78, 5) is 11.8. The van der Waals surface area contributed by atoms with E-state index in [-0.39, 0.29) is 0 Å². The monoisotopic (exact) mass is 402 g/mol. The summed E-state index contributed by atoms with van der Waals surface area (Å²) >= 11 is 0. The minimum atomic E-state index is 0.559. The van der Waals surface area contributed by atoms with Gasteiger partial charge in [-0.05, 0) is 94.2 Å². The summed E-state index contributed by atoms with van der Waals surface area (Å²) in [6, 6.07) is 1.12. The van der Waals surface area contributed by atoms with Crippen LogP contribution in [0.2, 0.25) is 0 Å². The molecule has 4 rings (SSSR count). The standard InChI is InChI=1S/C26H34N4/c1-16(2)17(3)11-23(27-6)24-14-25(20-7-8-20)30-15-21(9-10-26(30)29-24)22-12-18(4)28-19(5)13-22/h9-11,14-15,18-19,22,28H,1,7-8,12-13H2,2-6H3/b17-11+,27-23?/t18-,19-/m0/s1. The van der Waals surface area contributed by atoms with E-state index in [0.29, 0.717) is 18.0 Å². The third-order valence-corrected chi connectivity index (χ3v) is 6.43. The van der Waals surface area contributed by atoms with E-state index >= 15 is 0 Å². The molecule has 2 atom stereocenters.